The molecule has 0 unspecified atom stereocenters. The third-order valence-electron chi connectivity index (χ3n) is 3.79. The molecule has 0 aliphatic rings. The third-order valence-corrected chi connectivity index (χ3v) is 4.73. The molecule has 1 aromatic heterocycles. The molecule has 0 radical (unpaired) electrons. The van der Waals surface area contributed by atoms with Crippen molar-refractivity contribution in [3.63, 3.8) is 0 Å². The van der Waals surface area contributed by atoms with Gasteiger partial charge >= 0.3 is 0 Å². The van der Waals surface area contributed by atoms with Crippen LogP contribution in [0.1, 0.15) is 16.1 Å². The van der Waals surface area contributed by atoms with Crippen LogP contribution in [0, 0.1) is 3.57 Å². The lowest BCUT2D eigenvalue weighted by molar-refractivity contribution is -0.113. The summed E-state index contributed by atoms with van der Waals surface area (Å²) in [4.78, 5) is 25.4. The van der Waals surface area contributed by atoms with Crippen LogP contribution in [0.2, 0.25) is 0 Å². The van der Waals surface area contributed by atoms with Gasteiger partial charge in [-0.1, -0.05) is 12.1 Å². The van der Waals surface area contributed by atoms with Crippen molar-refractivity contribution in [2.75, 3.05) is 12.4 Å². The van der Waals surface area contributed by atoms with E-state index >= 15 is 0 Å². The number of furan rings is 1. The number of benzene rings is 2. The summed E-state index contributed by atoms with van der Waals surface area (Å²) >= 11 is 2.08. The van der Waals surface area contributed by atoms with Crippen LogP contribution in [0.3, 0.4) is 0 Å². The van der Waals surface area contributed by atoms with Gasteiger partial charge < -0.3 is 19.8 Å². The quantitative estimate of drug-likeness (QED) is 0.401. The van der Waals surface area contributed by atoms with Gasteiger partial charge in [-0.3, -0.25) is 9.59 Å². The van der Waals surface area contributed by atoms with Crippen molar-refractivity contribution < 1.29 is 18.7 Å². The highest BCUT2D eigenvalue weighted by Crippen LogP contribution is 2.17. The van der Waals surface area contributed by atoms with Gasteiger partial charge in [-0.25, -0.2) is 0 Å². The second kappa shape index (κ2) is 9.23. The van der Waals surface area contributed by atoms with Crippen LogP contribution in [0.4, 0.5) is 5.69 Å². The number of hydrogen-bond donors (Lipinski definition) is 2. The molecule has 0 aliphatic carbocycles. The molecule has 0 spiro atoms. The van der Waals surface area contributed by atoms with Crippen LogP contribution in [0.5, 0.6) is 5.75 Å². The summed E-state index contributed by atoms with van der Waals surface area (Å²) in [6, 6.07) is 17.4. The minimum absolute atomic E-state index is 0.0652. The molecule has 3 rings (SSSR count). The largest absolute Gasteiger partial charge is 0.497 e. The van der Waals surface area contributed by atoms with Gasteiger partial charge in [0.1, 0.15) is 17.2 Å². The van der Waals surface area contributed by atoms with E-state index in [9.17, 15) is 9.59 Å². The molecule has 0 atom stereocenters. The van der Waals surface area contributed by atoms with Crippen molar-refractivity contribution in [3.05, 3.63) is 87.5 Å². The minimum atomic E-state index is -0.471. The Balaban J connectivity index is 1.83. The molecule has 2 amide bonds. The van der Waals surface area contributed by atoms with E-state index in [2.05, 4.69) is 33.2 Å². The molecule has 3 aromatic rings. The number of ether oxygens (including phenoxy) is 1. The van der Waals surface area contributed by atoms with Crippen molar-refractivity contribution in [2.24, 2.45) is 0 Å². The van der Waals surface area contributed by atoms with Crippen molar-refractivity contribution in [1.29, 1.82) is 0 Å². The first-order valence-corrected chi connectivity index (χ1v) is 9.41. The highest BCUT2D eigenvalue weighted by atomic mass is 127. The fourth-order valence-corrected chi connectivity index (χ4v) is 3.01. The summed E-state index contributed by atoms with van der Waals surface area (Å²) in [5, 5.41) is 5.43. The van der Waals surface area contributed by atoms with Crippen LogP contribution in [-0.4, -0.2) is 18.9 Å². The van der Waals surface area contributed by atoms with E-state index in [1.807, 2.05) is 12.1 Å². The van der Waals surface area contributed by atoms with Crippen molar-refractivity contribution in [1.82, 2.24) is 5.32 Å². The number of carbonyl (C=O) groups excluding carboxylic acids is 2. The maximum atomic E-state index is 12.8. The number of rotatable bonds is 6. The number of anilines is 1. The Morgan fingerprint density at radius 2 is 1.79 bits per heavy atom. The van der Waals surface area contributed by atoms with E-state index in [4.69, 9.17) is 9.15 Å². The average Bonchev–Trinajstić information content (AvgIpc) is 3.21. The lowest BCUT2D eigenvalue weighted by Gasteiger charge is -2.12. The van der Waals surface area contributed by atoms with E-state index in [1.54, 1.807) is 55.6 Å². The summed E-state index contributed by atoms with van der Waals surface area (Å²) in [5.41, 5.74) is 1.11. The van der Waals surface area contributed by atoms with Crippen LogP contribution < -0.4 is 15.4 Å². The Hall–Kier alpha value is -3.07. The maximum Gasteiger partial charge on any atom is 0.272 e. The van der Waals surface area contributed by atoms with Gasteiger partial charge in [-0.2, -0.15) is 0 Å². The number of hydrogen-bond acceptors (Lipinski definition) is 4. The monoisotopic (exact) mass is 488 g/mol. The predicted octanol–water partition coefficient (Wildman–Crippen LogP) is 4.30. The number of methoxy groups -OCH3 is 1. The van der Waals surface area contributed by atoms with E-state index in [1.165, 1.54) is 12.3 Å². The molecule has 6 nitrogen and oxygen atoms in total. The van der Waals surface area contributed by atoms with Crippen LogP contribution in [0.25, 0.3) is 6.08 Å². The maximum absolute atomic E-state index is 12.8. The summed E-state index contributed by atoms with van der Waals surface area (Å²) in [5.74, 6) is 0.271. The van der Waals surface area contributed by atoms with E-state index < -0.39 is 5.91 Å². The Labute approximate surface area is 175 Å². The average molecular weight is 488 g/mol. The van der Waals surface area contributed by atoms with Crippen molar-refractivity contribution in [2.45, 2.75) is 0 Å². The zero-order valence-electron chi connectivity index (χ0n) is 14.9. The summed E-state index contributed by atoms with van der Waals surface area (Å²) in [6.45, 7) is 0. The first-order chi connectivity index (χ1) is 13.6. The summed E-state index contributed by atoms with van der Waals surface area (Å²) in [7, 11) is 1.57. The number of carbonyl (C=O) groups is 2. The Morgan fingerprint density at radius 3 is 2.43 bits per heavy atom. The molecule has 0 fully saturated rings. The van der Waals surface area contributed by atoms with E-state index in [0.717, 1.165) is 3.57 Å². The molecule has 28 heavy (non-hydrogen) atoms. The Bertz CT molecular complexity index is 996. The van der Waals surface area contributed by atoms with Gasteiger partial charge in [-0.05, 0) is 71.1 Å². The van der Waals surface area contributed by atoms with Gasteiger partial charge in [0.15, 0.2) is 0 Å². The molecule has 0 saturated heterocycles. The zero-order chi connectivity index (χ0) is 19.9. The molecule has 0 bridgehead atoms. The van der Waals surface area contributed by atoms with E-state index in [0.29, 0.717) is 22.8 Å². The molecular weight excluding hydrogens is 471 g/mol. The Morgan fingerprint density at radius 1 is 1.04 bits per heavy atom. The molecular formula is C21H17IN2O4. The lowest BCUT2D eigenvalue weighted by atomic mass is 10.2. The molecule has 2 aromatic carbocycles. The fraction of sp³-hybridized carbons (Fsp3) is 0.0476. The lowest BCUT2D eigenvalue weighted by Crippen LogP contribution is -2.31. The van der Waals surface area contributed by atoms with Crippen molar-refractivity contribution >= 4 is 46.2 Å². The van der Waals surface area contributed by atoms with Crippen molar-refractivity contribution in [3.8, 4) is 5.75 Å². The second-order valence-corrected chi connectivity index (χ2v) is 6.85. The molecule has 142 valence electrons. The molecule has 0 saturated carbocycles. The van der Waals surface area contributed by atoms with Crippen LogP contribution in [-0.2, 0) is 4.79 Å². The standard InChI is InChI=1S/C21H17IN2O4/c1-27-15-10-8-14(9-11-15)23-21(26)19(13-16-5-4-12-28-16)24-20(25)17-6-2-3-7-18(17)22/h2-13H,1H3,(H,23,26)(H,24,25)/b19-13+. The first-order valence-electron chi connectivity index (χ1n) is 8.33. The minimum Gasteiger partial charge on any atom is -0.497 e. The Kier molecular flexibility index (Phi) is 6.49. The summed E-state index contributed by atoms with van der Waals surface area (Å²) < 4.78 is 11.2. The first kappa shape index (κ1) is 19.7. The van der Waals surface area contributed by atoms with Crippen LogP contribution in [0.15, 0.2) is 77.0 Å². The highest BCUT2D eigenvalue weighted by Gasteiger charge is 2.17. The van der Waals surface area contributed by atoms with Gasteiger partial charge in [0, 0.05) is 15.3 Å². The SMILES string of the molecule is COc1ccc(NC(=O)/C(=C\c2ccco2)NC(=O)c2ccccc2I)cc1. The number of halogens is 1. The highest BCUT2D eigenvalue weighted by molar-refractivity contribution is 14.1. The fourth-order valence-electron chi connectivity index (χ4n) is 2.38. The zero-order valence-corrected chi connectivity index (χ0v) is 17.1. The van der Waals surface area contributed by atoms with Gasteiger partial charge in [-0.15, -0.1) is 0 Å². The molecule has 0 aliphatic heterocycles. The molecule has 1 heterocycles. The molecule has 2 N–H and O–H groups in total. The van der Waals surface area contributed by atoms with E-state index in [-0.39, 0.29) is 11.6 Å². The molecule has 7 heteroatoms. The summed E-state index contributed by atoms with van der Waals surface area (Å²) in [6.07, 6.45) is 2.97. The number of nitrogens with one attached hydrogen (secondary N) is 2. The topological polar surface area (TPSA) is 80.6 Å². The smallest absolute Gasteiger partial charge is 0.272 e. The van der Waals surface area contributed by atoms with Crippen LogP contribution >= 0.6 is 22.6 Å². The van der Waals surface area contributed by atoms with Gasteiger partial charge in [0.25, 0.3) is 11.8 Å². The van der Waals surface area contributed by atoms with Gasteiger partial charge in [0.05, 0.1) is 18.9 Å². The second-order valence-electron chi connectivity index (χ2n) is 5.69. The number of amides is 2. The third kappa shape index (κ3) is 5.01. The predicted molar refractivity (Wildman–Crippen MR) is 115 cm³/mol. The normalized spacial score (nSPS) is 11.0. The van der Waals surface area contributed by atoms with Gasteiger partial charge in [0.2, 0.25) is 0 Å².